The molecule has 0 aromatic heterocycles. The zero-order valence-electron chi connectivity index (χ0n) is 11.9. The normalized spacial score (nSPS) is 14.4. The molecule has 0 spiro atoms. The van der Waals surface area contributed by atoms with Gasteiger partial charge in [-0.25, -0.2) is 0 Å². The van der Waals surface area contributed by atoms with E-state index in [1.807, 2.05) is 0 Å². The first kappa shape index (κ1) is 15.3. The fourth-order valence-electron chi connectivity index (χ4n) is 2.02. The molecular formula is C14H19F2N3O2. The Morgan fingerprint density at radius 2 is 2.29 bits per heavy atom. The number of hydrogen-bond donors (Lipinski definition) is 2. The maximum atomic E-state index is 12.6. The van der Waals surface area contributed by atoms with Crippen molar-refractivity contribution in [2.75, 3.05) is 19.7 Å². The Kier molecular flexibility index (Phi) is 5.59. The summed E-state index contributed by atoms with van der Waals surface area (Å²) in [5.74, 6) is 1.06. The first-order valence-electron chi connectivity index (χ1n) is 6.92. The number of aliphatic imine (C=N–C) groups is 1. The molecule has 5 nitrogen and oxygen atoms in total. The highest BCUT2D eigenvalue weighted by Gasteiger charge is 2.16. The third-order valence-electron chi connectivity index (χ3n) is 2.91. The Balaban J connectivity index is 2.12. The van der Waals surface area contributed by atoms with Gasteiger partial charge < -0.3 is 20.1 Å². The molecule has 21 heavy (non-hydrogen) atoms. The minimum absolute atomic E-state index is 0.0678. The van der Waals surface area contributed by atoms with Gasteiger partial charge in [0, 0.05) is 25.2 Å². The average Bonchev–Trinajstić information content (AvgIpc) is 2.48. The van der Waals surface area contributed by atoms with Crippen molar-refractivity contribution in [1.82, 2.24) is 10.6 Å². The van der Waals surface area contributed by atoms with Gasteiger partial charge in [-0.3, -0.25) is 4.99 Å². The molecule has 2 N–H and O–H groups in total. The minimum Gasteiger partial charge on any atom is -0.490 e. The maximum Gasteiger partial charge on any atom is 0.387 e. The number of nitrogens with one attached hydrogen (secondary N) is 2. The summed E-state index contributed by atoms with van der Waals surface area (Å²) < 4.78 is 35.1. The number of para-hydroxylation sites is 1. The molecule has 0 bridgehead atoms. The molecule has 0 saturated carbocycles. The van der Waals surface area contributed by atoms with E-state index in [9.17, 15) is 8.78 Å². The Labute approximate surface area is 122 Å². The molecule has 1 aromatic carbocycles. The second-order valence-corrected chi connectivity index (χ2v) is 4.42. The largest absolute Gasteiger partial charge is 0.490 e. The van der Waals surface area contributed by atoms with Crippen LogP contribution in [0.2, 0.25) is 0 Å². The summed E-state index contributed by atoms with van der Waals surface area (Å²) in [6, 6.07) is 5.08. The molecule has 2 rings (SSSR count). The lowest BCUT2D eigenvalue weighted by atomic mass is 10.2. The molecule has 0 amide bonds. The lowest BCUT2D eigenvalue weighted by Gasteiger charge is -2.18. The number of nitrogens with zero attached hydrogens (tertiary/aromatic N) is 1. The predicted octanol–water partition coefficient (Wildman–Crippen LogP) is 2.13. The van der Waals surface area contributed by atoms with Gasteiger partial charge in [0.15, 0.2) is 17.5 Å². The Hall–Kier alpha value is -2.05. The number of alkyl halides is 2. The lowest BCUT2D eigenvalue weighted by Crippen LogP contribution is -2.40. The molecule has 1 heterocycles. The van der Waals surface area contributed by atoms with Gasteiger partial charge in [-0.15, -0.1) is 0 Å². The van der Waals surface area contributed by atoms with E-state index in [1.165, 1.54) is 0 Å². The molecule has 0 unspecified atom stereocenters. The summed E-state index contributed by atoms with van der Waals surface area (Å²) in [7, 11) is 0. The second-order valence-electron chi connectivity index (χ2n) is 4.42. The van der Waals surface area contributed by atoms with Crippen molar-refractivity contribution in [2.24, 2.45) is 4.99 Å². The van der Waals surface area contributed by atoms with Crippen LogP contribution in [-0.2, 0) is 6.54 Å². The van der Waals surface area contributed by atoms with E-state index in [-0.39, 0.29) is 5.75 Å². The molecule has 0 aliphatic carbocycles. The number of ether oxygens (including phenoxy) is 2. The molecule has 0 atom stereocenters. The van der Waals surface area contributed by atoms with E-state index in [0.717, 1.165) is 19.5 Å². The van der Waals surface area contributed by atoms with Crippen molar-refractivity contribution in [3.05, 3.63) is 23.8 Å². The van der Waals surface area contributed by atoms with Crippen molar-refractivity contribution < 1.29 is 18.3 Å². The van der Waals surface area contributed by atoms with Crippen LogP contribution in [0.3, 0.4) is 0 Å². The number of rotatable bonds is 6. The molecule has 0 radical (unpaired) electrons. The summed E-state index contributed by atoms with van der Waals surface area (Å²) in [6.07, 6.45) is 0.991. The van der Waals surface area contributed by atoms with E-state index in [1.54, 1.807) is 25.1 Å². The summed E-state index contributed by atoms with van der Waals surface area (Å²) in [5.41, 5.74) is 0.594. The summed E-state index contributed by atoms with van der Waals surface area (Å²) >= 11 is 0. The predicted molar refractivity (Wildman–Crippen MR) is 76.0 cm³/mol. The van der Waals surface area contributed by atoms with Crippen LogP contribution in [0.5, 0.6) is 11.5 Å². The van der Waals surface area contributed by atoms with Crippen LogP contribution in [0.25, 0.3) is 0 Å². The van der Waals surface area contributed by atoms with Crippen LogP contribution in [0.4, 0.5) is 8.78 Å². The van der Waals surface area contributed by atoms with Crippen LogP contribution < -0.4 is 20.1 Å². The molecule has 1 aliphatic heterocycles. The highest BCUT2D eigenvalue weighted by atomic mass is 19.3. The zero-order valence-corrected chi connectivity index (χ0v) is 11.9. The molecule has 0 saturated heterocycles. The topological polar surface area (TPSA) is 54.9 Å². The average molecular weight is 299 g/mol. The number of halogens is 2. The maximum absolute atomic E-state index is 12.6. The third kappa shape index (κ3) is 4.47. The second kappa shape index (κ2) is 7.66. The van der Waals surface area contributed by atoms with Crippen molar-refractivity contribution in [2.45, 2.75) is 26.5 Å². The van der Waals surface area contributed by atoms with Crippen LogP contribution in [-0.4, -0.2) is 32.3 Å². The summed E-state index contributed by atoms with van der Waals surface area (Å²) in [4.78, 5) is 4.27. The van der Waals surface area contributed by atoms with Gasteiger partial charge in [0.2, 0.25) is 0 Å². The van der Waals surface area contributed by atoms with Crippen LogP contribution in [0.15, 0.2) is 23.2 Å². The first-order chi connectivity index (χ1) is 10.2. The van der Waals surface area contributed by atoms with E-state index >= 15 is 0 Å². The van der Waals surface area contributed by atoms with E-state index in [2.05, 4.69) is 20.4 Å². The standard InChI is InChI=1S/C14H19F2N3O2/c1-2-20-11-6-3-5-10(12(11)21-13(15)16)9-19-14-17-7-4-8-18-14/h3,5-6,13H,2,4,7-9H2,1H3,(H2,17,18,19). The van der Waals surface area contributed by atoms with Gasteiger partial charge in [0.05, 0.1) is 6.61 Å². The van der Waals surface area contributed by atoms with Gasteiger partial charge in [-0.2, -0.15) is 8.78 Å². The molecular weight excluding hydrogens is 280 g/mol. The zero-order chi connectivity index (χ0) is 15.1. The van der Waals surface area contributed by atoms with Gasteiger partial charge in [-0.1, -0.05) is 12.1 Å². The quantitative estimate of drug-likeness (QED) is 0.845. The SMILES string of the molecule is CCOc1cccc(CNC2=NCCCN2)c1OC(F)F. The lowest BCUT2D eigenvalue weighted by molar-refractivity contribution is -0.0520. The fourth-order valence-corrected chi connectivity index (χ4v) is 2.02. The Bertz CT molecular complexity index is 495. The van der Waals surface area contributed by atoms with E-state index in [4.69, 9.17) is 4.74 Å². The fraction of sp³-hybridized carbons (Fsp3) is 0.500. The third-order valence-corrected chi connectivity index (χ3v) is 2.91. The van der Waals surface area contributed by atoms with Crippen molar-refractivity contribution in [3.63, 3.8) is 0 Å². The molecule has 116 valence electrons. The van der Waals surface area contributed by atoms with Crippen molar-refractivity contribution >= 4 is 5.96 Å². The molecule has 1 aliphatic rings. The number of guanidine groups is 1. The monoisotopic (exact) mass is 299 g/mol. The highest BCUT2D eigenvalue weighted by Crippen LogP contribution is 2.32. The number of benzene rings is 1. The van der Waals surface area contributed by atoms with E-state index in [0.29, 0.717) is 30.4 Å². The summed E-state index contributed by atoms with van der Waals surface area (Å²) in [6.45, 7) is 1.22. The van der Waals surface area contributed by atoms with Gasteiger partial charge >= 0.3 is 6.61 Å². The molecule has 7 heteroatoms. The van der Waals surface area contributed by atoms with Gasteiger partial charge in [-0.05, 0) is 19.4 Å². The Morgan fingerprint density at radius 3 is 2.95 bits per heavy atom. The molecule has 1 aromatic rings. The number of hydrogen-bond acceptors (Lipinski definition) is 5. The van der Waals surface area contributed by atoms with Crippen molar-refractivity contribution in [3.8, 4) is 11.5 Å². The molecule has 0 fully saturated rings. The van der Waals surface area contributed by atoms with Crippen LogP contribution in [0.1, 0.15) is 18.9 Å². The first-order valence-corrected chi connectivity index (χ1v) is 6.92. The van der Waals surface area contributed by atoms with Crippen molar-refractivity contribution in [1.29, 1.82) is 0 Å². The van der Waals surface area contributed by atoms with Crippen LogP contribution in [0, 0.1) is 0 Å². The highest BCUT2D eigenvalue weighted by molar-refractivity contribution is 5.80. The minimum atomic E-state index is -2.89. The summed E-state index contributed by atoms with van der Waals surface area (Å²) in [5, 5.41) is 6.19. The van der Waals surface area contributed by atoms with E-state index < -0.39 is 6.61 Å². The van der Waals surface area contributed by atoms with Crippen LogP contribution >= 0.6 is 0 Å². The smallest absolute Gasteiger partial charge is 0.387 e. The van der Waals surface area contributed by atoms with Gasteiger partial charge in [0.1, 0.15) is 0 Å². The van der Waals surface area contributed by atoms with Gasteiger partial charge in [0.25, 0.3) is 0 Å². The Morgan fingerprint density at radius 1 is 1.43 bits per heavy atom.